The molecule has 3 N–H and O–H groups in total. The Labute approximate surface area is 114 Å². The number of aromatic nitrogens is 1. The van der Waals surface area contributed by atoms with Crippen LogP contribution in [0, 0.1) is 5.92 Å². The average molecular weight is 262 g/mol. The minimum atomic E-state index is 0.0774. The first-order valence-electron chi connectivity index (χ1n) is 6.77. The fourth-order valence-corrected chi connectivity index (χ4v) is 2.75. The van der Waals surface area contributed by atoms with Crippen molar-refractivity contribution in [3.05, 3.63) is 29.6 Å². The van der Waals surface area contributed by atoms with Crippen molar-refractivity contribution in [2.24, 2.45) is 16.8 Å². The molecule has 0 spiro atoms. The summed E-state index contributed by atoms with van der Waals surface area (Å²) >= 11 is 0. The van der Waals surface area contributed by atoms with Crippen molar-refractivity contribution in [3.63, 3.8) is 0 Å². The van der Waals surface area contributed by atoms with Gasteiger partial charge < -0.3 is 10.9 Å². The van der Waals surface area contributed by atoms with Crippen LogP contribution in [0.15, 0.2) is 23.5 Å². The van der Waals surface area contributed by atoms with Gasteiger partial charge in [-0.15, -0.1) is 0 Å². The molecule has 2 heterocycles. The van der Waals surface area contributed by atoms with Crippen molar-refractivity contribution in [1.29, 1.82) is 0 Å². The SMILES string of the molecule is CC1CCN(Cc2cccnc2/C(N)=N/O)C(C)C1. The van der Waals surface area contributed by atoms with Gasteiger partial charge in [-0.3, -0.25) is 9.88 Å². The second-order valence-corrected chi connectivity index (χ2v) is 5.45. The van der Waals surface area contributed by atoms with Gasteiger partial charge in [-0.05, 0) is 43.9 Å². The standard InChI is InChI=1S/C14H22N4O/c1-10-5-7-18(11(2)8-10)9-12-4-3-6-16-13(12)14(15)17-19/h3-4,6,10-11,19H,5,7-9H2,1-2H3,(H2,15,17). The van der Waals surface area contributed by atoms with Crippen molar-refractivity contribution >= 4 is 5.84 Å². The Bertz CT molecular complexity index is 461. The van der Waals surface area contributed by atoms with Crippen LogP contribution in [0.25, 0.3) is 0 Å². The fourth-order valence-electron chi connectivity index (χ4n) is 2.75. The normalized spacial score (nSPS) is 25.5. The lowest BCUT2D eigenvalue weighted by Gasteiger charge is -2.36. The van der Waals surface area contributed by atoms with E-state index in [0.29, 0.717) is 11.7 Å². The highest BCUT2D eigenvalue weighted by Gasteiger charge is 2.23. The summed E-state index contributed by atoms with van der Waals surface area (Å²) in [6.45, 7) is 6.45. The van der Waals surface area contributed by atoms with Crippen LogP contribution in [0.3, 0.4) is 0 Å². The number of hydrogen-bond donors (Lipinski definition) is 2. The van der Waals surface area contributed by atoms with E-state index in [1.807, 2.05) is 12.1 Å². The molecule has 2 atom stereocenters. The Morgan fingerprint density at radius 3 is 3.05 bits per heavy atom. The van der Waals surface area contributed by atoms with Crippen molar-refractivity contribution in [1.82, 2.24) is 9.88 Å². The number of likely N-dealkylation sites (tertiary alicyclic amines) is 1. The van der Waals surface area contributed by atoms with Gasteiger partial charge in [-0.25, -0.2) is 0 Å². The lowest BCUT2D eigenvalue weighted by atomic mass is 9.93. The topological polar surface area (TPSA) is 74.7 Å². The van der Waals surface area contributed by atoms with Crippen LogP contribution in [0.2, 0.25) is 0 Å². The minimum Gasteiger partial charge on any atom is -0.409 e. The zero-order valence-corrected chi connectivity index (χ0v) is 11.6. The number of pyridine rings is 1. The number of oxime groups is 1. The molecule has 0 amide bonds. The van der Waals surface area contributed by atoms with E-state index in [2.05, 4.69) is 28.9 Å². The molecule has 0 aromatic carbocycles. The maximum Gasteiger partial charge on any atom is 0.189 e. The molecule has 1 aromatic rings. The van der Waals surface area contributed by atoms with Crippen LogP contribution in [-0.4, -0.2) is 33.5 Å². The lowest BCUT2D eigenvalue weighted by Crippen LogP contribution is -2.40. The van der Waals surface area contributed by atoms with Crippen molar-refractivity contribution in [2.75, 3.05) is 6.54 Å². The second kappa shape index (κ2) is 6.02. The smallest absolute Gasteiger partial charge is 0.189 e. The summed E-state index contributed by atoms with van der Waals surface area (Å²) in [7, 11) is 0. The third-order valence-electron chi connectivity index (χ3n) is 3.89. The maximum atomic E-state index is 8.81. The van der Waals surface area contributed by atoms with Crippen LogP contribution in [0.1, 0.15) is 37.9 Å². The minimum absolute atomic E-state index is 0.0774. The van der Waals surface area contributed by atoms with Gasteiger partial charge in [0.05, 0.1) is 0 Å². The Morgan fingerprint density at radius 2 is 2.37 bits per heavy atom. The first-order chi connectivity index (χ1) is 9.11. The molecular weight excluding hydrogens is 240 g/mol. The van der Waals surface area contributed by atoms with Crippen molar-refractivity contribution in [2.45, 2.75) is 39.3 Å². The van der Waals surface area contributed by atoms with Crippen LogP contribution in [0.4, 0.5) is 0 Å². The second-order valence-electron chi connectivity index (χ2n) is 5.45. The van der Waals surface area contributed by atoms with Gasteiger partial charge in [0.15, 0.2) is 5.84 Å². The van der Waals surface area contributed by atoms with E-state index in [4.69, 9.17) is 10.9 Å². The van der Waals surface area contributed by atoms with Gasteiger partial charge in [0, 0.05) is 18.8 Å². The molecule has 1 aliphatic rings. The van der Waals surface area contributed by atoms with Gasteiger partial charge >= 0.3 is 0 Å². The number of hydrogen-bond acceptors (Lipinski definition) is 4. The van der Waals surface area contributed by atoms with E-state index in [-0.39, 0.29) is 5.84 Å². The van der Waals surface area contributed by atoms with Crippen LogP contribution in [-0.2, 0) is 6.54 Å². The van der Waals surface area contributed by atoms with Gasteiger partial charge in [0.1, 0.15) is 5.69 Å². The predicted octanol–water partition coefficient (Wildman–Crippen LogP) is 1.80. The molecule has 0 saturated carbocycles. The predicted molar refractivity (Wildman–Crippen MR) is 75.0 cm³/mol. The molecule has 0 bridgehead atoms. The van der Waals surface area contributed by atoms with E-state index in [1.165, 1.54) is 12.8 Å². The Hall–Kier alpha value is -1.62. The zero-order chi connectivity index (χ0) is 13.8. The molecule has 5 nitrogen and oxygen atoms in total. The molecule has 2 rings (SSSR count). The Balaban J connectivity index is 2.15. The number of nitrogens with zero attached hydrogens (tertiary/aromatic N) is 3. The van der Waals surface area contributed by atoms with Gasteiger partial charge in [0.2, 0.25) is 0 Å². The summed E-state index contributed by atoms with van der Waals surface area (Å²) in [6.07, 6.45) is 4.11. The molecule has 0 aliphatic carbocycles. The van der Waals surface area contributed by atoms with Gasteiger partial charge in [-0.2, -0.15) is 0 Å². The molecular formula is C14H22N4O. The van der Waals surface area contributed by atoms with Crippen LogP contribution in [0.5, 0.6) is 0 Å². The Kier molecular flexibility index (Phi) is 4.37. The monoisotopic (exact) mass is 262 g/mol. The fraction of sp³-hybridized carbons (Fsp3) is 0.571. The first-order valence-corrected chi connectivity index (χ1v) is 6.77. The van der Waals surface area contributed by atoms with Gasteiger partial charge in [0.25, 0.3) is 0 Å². The summed E-state index contributed by atoms with van der Waals surface area (Å²) in [5, 5.41) is 11.9. The molecule has 1 aliphatic heterocycles. The molecule has 2 unspecified atom stereocenters. The number of nitrogens with two attached hydrogens (primary N) is 1. The molecule has 5 heteroatoms. The molecule has 0 radical (unpaired) electrons. The molecule has 19 heavy (non-hydrogen) atoms. The lowest BCUT2D eigenvalue weighted by molar-refractivity contribution is 0.122. The first kappa shape index (κ1) is 13.8. The molecule has 104 valence electrons. The van der Waals surface area contributed by atoms with E-state index < -0.39 is 0 Å². The summed E-state index contributed by atoms with van der Waals surface area (Å²) in [5.74, 6) is 0.873. The van der Waals surface area contributed by atoms with Crippen LogP contribution < -0.4 is 5.73 Å². The highest BCUT2D eigenvalue weighted by Crippen LogP contribution is 2.24. The number of rotatable bonds is 3. The third-order valence-corrected chi connectivity index (χ3v) is 3.89. The van der Waals surface area contributed by atoms with Gasteiger partial charge in [-0.1, -0.05) is 18.1 Å². The quantitative estimate of drug-likeness (QED) is 0.377. The third kappa shape index (κ3) is 3.23. The van der Waals surface area contributed by atoms with E-state index in [1.54, 1.807) is 6.20 Å². The van der Waals surface area contributed by atoms with E-state index >= 15 is 0 Å². The highest BCUT2D eigenvalue weighted by atomic mass is 16.4. The highest BCUT2D eigenvalue weighted by molar-refractivity contribution is 5.96. The molecule has 1 fully saturated rings. The average Bonchev–Trinajstić information content (AvgIpc) is 2.41. The largest absolute Gasteiger partial charge is 0.409 e. The number of amidine groups is 1. The summed E-state index contributed by atoms with van der Waals surface area (Å²) in [6, 6.07) is 4.44. The van der Waals surface area contributed by atoms with E-state index in [0.717, 1.165) is 24.6 Å². The zero-order valence-electron chi connectivity index (χ0n) is 11.6. The maximum absolute atomic E-state index is 8.81. The van der Waals surface area contributed by atoms with Crippen molar-refractivity contribution in [3.8, 4) is 0 Å². The Morgan fingerprint density at radius 1 is 1.58 bits per heavy atom. The van der Waals surface area contributed by atoms with Crippen LogP contribution >= 0.6 is 0 Å². The van der Waals surface area contributed by atoms with E-state index in [9.17, 15) is 0 Å². The van der Waals surface area contributed by atoms with Crippen molar-refractivity contribution < 1.29 is 5.21 Å². The molecule has 1 aromatic heterocycles. The summed E-state index contributed by atoms with van der Waals surface area (Å²) in [5.41, 5.74) is 7.27. The molecule has 1 saturated heterocycles. The summed E-state index contributed by atoms with van der Waals surface area (Å²) < 4.78 is 0. The summed E-state index contributed by atoms with van der Waals surface area (Å²) in [4.78, 5) is 6.65. The number of piperidine rings is 1.